The second-order valence-corrected chi connectivity index (χ2v) is 6.92. The van der Waals surface area contributed by atoms with Gasteiger partial charge in [-0.1, -0.05) is 57.4 Å². The van der Waals surface area contributed by atoms with Crippen LogP contribution < -0.4 is 0 Å². The summed E-state index contributed by atoms with van der Waals surface area (Å²) in [5.74, 6) is 0.903. The van der Waals surface area contributed by atoms with Crippen molar-refractivity contribution in [1.82, 2.24) is 9.55 Å². The van der Waals surface area contributed by atoms with Crippen LogP contribution in [0, 0.1) is 5.92 Å². The molecule has 0 amide bonds. The predicted octanol–water partition coefficient (Wildman–Crippen LogP) is 5.00. The number of benzene rings is 1. The number of rotatable bonds is 3. The second kappa shape index (κ2) is 7.98. The predicted molar refractivity (Wildman–Crippen MR) is 99.0 cm³/mol. The Kier molecular flexibility index (Phi) is 5.72. The molecule has 1 aliphatic carbocycles. The average Bonchev–Trinajstić information content (AvgIpc) is 3.13. The summed E-state index contributed by atoms with van der Waals surface area (Å²) in [7, 11) is 0. The summed E-state index contributed by atoms with van der Waals surface area (Å²) in [5, 5.41) is 10.7. The Hall–Kier alpha value is -1.61. The molecule has 4 rings (SSSR count). The Bertz CT molecular complexity index is 643. The third-order valence-electron chi connectivity index (χ3n) is 5.53. The molecule has 1 N–H and O–H groups in total. The van der Waals surface area contributed by atoms with Gasteiger partial charge in [0.2, 0.25) is 0 Å². The first kappa shape index (κ1) is 17.2. The Morgan fingerprint density at radius 1 is 1.17 bits per heavy atom. The summed E-state index contributed by atoms with van der Waals surface area (Å²) < 4.78 is 2.24. The van der Waals surface area contributed by atoms with Crippen LogP contribution in [0.3, 0.4) is 0 Å². The third-order valence-corrected chi connectivity index (χ3v) is 5.53. The zero-order valence-corrected chi connectivity index (χ0v) is 15.0. The van der Waals surface area contributed by atoms with Gasteiger partial charge >= 0.3 is 0 Å². The second-order valence-electron chi connectivity index (χ2n) is 6.92. The fourth-order valence-corrected chi connectivity index (χ4v) is 4.32. The van der Waals surface area contributed by atoms with Crippen molar-refractivity contribution in [3.63, 3.8) is 0 Å². The van der Waals surface area contributed by atoms with E-state index < -0.39 is 0 Å². The summed E-state index contributed by atoms with van der Waals surface area (Å²) in [6.45, 7) is 4.94. The van der Waals surface area contributed by atoms with Gasteiger partial charge < -0.3 is 9.67 Å². The molecule has 3 nitrogen and oxygen atoms in total. The molecule has 1 aliphatic heterocycles. The summed E-state index contributed by atoms with van der Waals surface area (Å²) in [6.07, 6.45) is 10.9. The maximum atomic E-state index is 10.7. The molecule has 2 unspecified atom stereocenters. The number of hydrogen-bond donors (Lipinski definition) is 1. The van der Waals surface area contributed by atoms with E-state index in [0.29, 0.717) is 11.8 Å². The molecule has 1 aromatic carbocycles. The lowest BCUT2D eigenvalue weighted by Gasteiger charge is -2.32. The molecule has 0 saturated heterocycles. The first-order valence-corrected chi connectivity index (χ1v) is 9.60. The Morgan fingerprint density at radius 2 is 1.92 bits per heavy atom. The molecule has 24 heavy (non-hydrogen) atoms. The smallest absolute Gasteiger partial charge is 0.0951 e. The highest BCUT2D eigenvalue weighted by Crippen LogP contribution is 2.39. The lowest BCUT2D eigenvalue weighted by Crippen LogP contribution is -2.27. The number of aliphatic hydroxyl groups is 1. The average molecular weight is 326 g/mol. The van der Waals surface area contributed by atoms with Crippen LogP contribution in [0.5, 0.6) is 0 Å². The molecular weight excluding hydrogens is 296 g/mol. The SMILES string of the molecule is CC.OC(CC1Cn2cncc2-c2ccccc21)C1CCCCC1. The van der Waals surface area contributed by atoms with Crippen molar-refractivity contribution < 1.29 is 5.11 Å². The van der Waals surface area contributed by atoms with Gasteiger partial charge in [-0.25, -0.2) is 4.98 Å². The number of imidazole rings is 1. The zero-order valence-electron chi connectivity index (χ0n) is 15.0. The largest absolute Gasteiger partial charge is 0.393 e. The minimum absolute atomic E-state index is 0.163. The molecule has 2 heterocycles. The van der Waals surface area contributed by atoms with Gasteiger partial charge in [-0.05, 0) is 30.7 Å². The Morgan fingerprint density at radius 3 is 2.71 bits per heavy atom. The Balaban J connectivity index is 0.000000815. The van der Waals surface area contributed by atoms with Crippen molar-refractivity contribution in [1.29, 1.82) is 0 Å². The number of aliphatic hydroxyl groups excluding tert-OH is 1. The first-order chi connectivity index (χ1) is 11.8. The minimum Gasteiger partial charge on any atom is -0.393 e. The monoisotopic (exact) mass is 326 g/mol. The molecule has 1 fully saturated rings. The van der Waals surface area contributed by atoms with Crippen molar-refractivity contribution >= 4 is 0 Å². The van der Waals surface area contributed by atoms with E-state index in [1.807, 2.05) is 26.4 Å². The molecular formula is C21H30N2O. The normalized spacial score (nSPS) is 21.2. The van der Waals surface area contributed by atoms with Gasteiger partial charge in [-0.2, -0.15) is 0 Å². The Labute approximate surface area is 145 Å². The van der Waals surface area contributed by atoms with Crippen LogP contribution >= 0.6 is 0 Å². The van der Waals surface area contributed by atoms with Crippen molar-refractivity contribution in [2.75, 3.05) is 0 Å². The molecule has 2 aliphatic rings. The van der Waals surface area contributed by atoms with Crippen LogP contribution in [0.4, 0.5) is 0 Å². The molecule has 1 saturated carbocycles. The first-order valence-electron chi connectivity index (χ1n) is 9.60. The van der Waals surface area contributed by atoms with Crippen LogP contribution in [0.25, 0.3) is 11.3 Å². The van der Waals surface area contributed by atoms with Gasteiger partial charge in [-0.15, -0.1) is 0 Å². The summed E-state index contributed by atoms with van der Waals surface area (Å²) in [6, 6.07) is 8.62. The number of fused-ring (bicyclic) bond motifs is 3. The standard InChI is InChI=1S/C19H24N2O.C2H6/c22-19(14-6-2-1-3-7-14)10-15-12-21-13-20-11-18(21)17-9-5-4-8-16(15)17;1-2/h4-5,8-9,11,13-15,19,22H,1-3,6-7,10,12H2;1-2H3. The van der Waals surface area contributed by atoms with E-state index in [0.717, 1.165) is 13.0 Å². The topological polar surface area (TPSA) is 38.0 Å². The third kappa shape index (κ3) is 3.41. The number of hydrogen-bond acceptors (Lipinski definition) is 2. The molecule has 2 atom stereocenters. The molecule has 1 aromatic heterocycles. The maximum absolute atomic E-state index is 10.7. The molecule has 0 radical (unpaired) electrons. The van der Waals surface area contributed by atoms with E-state index >= 15 is 0 Å². The van der Waals surface area contributed by atoms with Gasteiger partial charge in [0, 0.05) is 18.0 Å². The molecule has 3 heteroatoms. The van der Waals surface area contributed by atoms with Crippen molar-refractivity contribution in [2.45, 2.75) is 70.9 Å². The maximum Gasteiger partial charge on any atom is 0.0951 e. The van der Waals surface area contributed by atoms with Crippen LogP contribution in [-0.2, 0) is 6.54 Å². The highest BCUT2D eigenvalue weighted by molar-refractivity contribution is 5.66. The number of aromatic nitrogens is 2. The van der Waals surface area contributed by atoms with E-state index in [1.165, 1.54) is 48.9 Å². The van der Waals surface area contributed by atoms with Gasteiger partial charge in [0.05, 0.1) is 24.3 Å². The lowest BCUT2D eigenvalue weighted by molar-refractivity contribution is 0.0688. The van der Waals surface area contributed by atoms with Gasteiger partial charge in [0.1, 0.15) is 0 Å². The minimum atomic E-state index is -0.163. The van der Waals surface area contributed by atoms with E-state index in [9.17, 15) is 5.11 Å². The van der Waals surface area contributed by atoms with Gasteiger partial charge in [0.15, 0.2) is 0 Å². The number of nitrogens with zero attached hydrogens (tertiary/aromatic N) is 2. The van der Waals surface area contributed by atoms with Crippen LogP contribution in [0.1, 0.15) is 63.9 Å². The van der Waals surface area contributed by atoms with E-state index in [-0.39, 0.29) is 6.10 Å². The van der Waals surface area contributed by atoms with Gasteiger partial charge in [0.25, 0.3) is 0 Å². The lowest BCUT2D eigenvalue weighted by atomic mass is 9.79. The quantitative estimate of drug-likeness (QED) is 0.861. The highest BCUT2D eigenvalue weighted by Gasteiger charge is 2.29. The van der Waals surface area contributed by atoms with Crippen LogP contribution in [0.2, 0.25) is 0 Å². The molecule has 0 spiro atoms. The van der Waals surface area contributed by atoms with E-state index in [1.54, 1.807) is 0 Å². The molecule has 2 aromatic rings. The fraction of sp³-hybridized carbons (Fsp3) is 0.571. The van der Waals surface area contributed by atoms with E-state index in [2.05, 4.69) is 33.8 Å². The molecule has 130 valence electrons. The van der Waals surface area contributed by atoms with Gasteiger partial charge in [-0.3, -0.25) is 0 Å². The highest BCUT2D eigenvalue weighted by atomic mass is 16.3. The zero-order chi connectivity index (χ0) is 16.9. The van der Waals surface area contributed by atoms with Crippen molar-refractivity contribution in [3.8, 4) is 11.3 Å². The van der Waals surface area contributed by atoms with Crippen molar-refractivity contribution in [2.24, 2.45) is 5.92 Å². The van der Waals surface area contributed by atoms with E-state index in [4.69, 9.17) is 0 Å². The summed E-state index contributed by atoms with van der Waals surface area (Å²) in [4.78, 5) is 4.31. The van der Waals surface area contributed by atoms with Crippen molar-refractivity contribution in [3.05, 3.63) is 42.4 Å². The van der Waals surface area contributed by atoms with Crippen LogP contribution in [0.15, 0.2) is 36.8 Å². The van der Waals surface area contributed by atoms with Crippen LogP contribution in [-0.4, -0.2) is 20.8 Å². The molecule has 0 bridgehead atoms. The summed E-state index contributed by atoms with van der Waals surface area (Å²) in [5.41, 5.74) is 3.87. The summed E-state index contributed by atoms with van der Waals surface area (Å²) >= 11 is 0. The fourth-order valence-electron chi connectivity index (χ4n) is 4.32.